The van der Waals surface area contributed by atoms with Crippen molar-refractivity contribution in [2.75, 3.05) is 6.54 Å². The fourth-order valence-corrected chi connectivity index (χ4v) is 1.51. The summed E-state index contributed by atoms with van der Waals surface area (Å²) in [5, 5.41) is 17.9. The van der Waals surface area contributed by atoms with Crippen molar-refractivity contribution < 1.29 is 5.11 Å². The Morgan fingerprint density at radius 1 is 1.38 bits per heavy atom. The monoisotopic (exact) mass is 225 g/mol. The molecule has 2 N–H and O–H groups in total. The van der Waals surface area contributed by atoms with Gasteiger partial charge >= 0.3 is 0 Å². The van der Waals surface area contributed by atoms with Gasteiger partial charge in [0.15, 0.2) is 0 Å². The third kappa shape index (κ3) is 3.94. The fourth-order valence-electron chi connectivity index (χ4n) is 1.51. The third-order valence-electron chi connectivity index (χ3n) is 2.53. The SMILES string of the molecule is Cn1ccc(C(C)(O)CCNC(C)(C)C)n1. The van der Waals surface area contributed by atoms with Crippen LogP contribution in [0.1, 0.15) is 39.8 Å². The quantitative estimate of drug-likeness (QED) is 0.814. The molecule has 92 valence electrons. The highest BCUT2D eigenvalue weighted by molar-refractivity contribution is 5.08. The smallest absolute Gasteiger partial charge is 0.107 e. The first-order chi connectivity index (χ1) is 7.21. The lowest BCUT2D eigenvalue weighted by Gasteiger charge is -2.25. The molecule has 1 atom stereocenters. The maximum absolute atomic E-state index is 10.3. The first-order valence-electron chi connectivity index (χ1n) is 5.68. The normalized spacial score (nSPS) is 16.1. The van der Waals surface area contributed by atoms with Crippen molar-refractivity contribution in [1.82, 2.24) is 15.1 Å². The molecular weight excluding hydrogens is 202 g/mol. The Morgan fingerprint density at radius 2 is 2.00 bits per heavy atom. The van der Waals surface area contributed by atoms with Crippen molar-refractivity contribution in [3.63, 3.8) is 0 Å². The predicted octanol–water partition coefficient (Wildman–Crippen LogP) is 1.41. The molecule has 0 saturated heterocycles. The molecule has 0 amide bonds. The summed E-state index contributed by atoms with van der Waals surface area (Å²) in [4.78, 5) is 0. The minimum Gasteiger partial charge on any atom is -0.384 e. The van der Waals surface area contributed by atoms with E-state index in [0.717, 1.165) is 12.2 Å². The van der Waals surface area contributed by atoms with Crippen LogP contribution >= 0.6 is 0 Å². The summed E-state index contributed by atoms with van der Waals surface area (Å²) in [5.74, 6) is 0. The summed E-state index contributed by atoms with van der Waals surface area (Å²) in [6, 6.07) is 1.86. The van der Waals surface area contributed by atoms with E-state index in [1.807, 2.05) is 19.3 Å². The summed E-state index contributed by atoms with van der Waals surface area (Å²) in [7, 11) is 1.85. The average molecular weight is 225 g/mol. The van der Waals surface area contributed by atoms with Crippen molar-refractivity contribution in [3.05, 3.63) is 18.0 Å². The number of hydrogen-bond acceptors (Lipinski definition) is 3. The zero-order valence-electron chi connectivity index (χ0n) is 10.9. The number of hydrogen-bond donors (Lipinski definition) is 2. The van der Waals surface area contributed by atoms with E-state index in [2.05, 4.69) is 31.2 Å². The highest BCUT2D eigenvalue weighted by Crippen LogP contribution is 2.22. The highest BCUT2D eigenvalue weighted by atomic mass is 16.3. The standard InChI is InChI=1S/C12H23N3O/c1-11(2,3)13-8-7-12(4,16)10-6-9-15(5)14-10/h6,9,13,16H,7-8H2,1-5H3. The molecule has 1 heterocycles. The number of aryl methyl sites for hydroxylation is 1. The van der Waals surface area contributed by atoms with Crippen molar-refractivity contribution in [2.24, 2.45) is 7.05 Å². The van der Waals surface area contributed by atoms with Gasteiger partial charge in [-0.1, -0.05) is 0 Å². The Bertz CT molecular complexity index is 336. The molecule has 0 fully saturated rings. The van der Waals surface area contributed by atoms with Crippen LogP contribution in [0.25, 0.3) is 0 Å². The van der Waals surface area contributed by atoms with E-state index >= 15 is 0 Å². The molecule has 0 aromatic carbocycles. The van der Waals surface area contributed by atoms with E-state index in [9.17, 15) is 5.11 Å². The molecule has 0 bridgehead atoms. The number of nitrogens with zero attached hydrogens (tertiary/aromatic N) is 2. The van der Waals surface area contributed by atoms with E-state index < -0.39 is 5.60 Å². The summed E-state index contributed by atoms with van der Waals surface area (Å²) >= 11 is 0. The summed E-state index contributed by atoms with van der Waals surface area (Å²) in [6.07, 6.45) is 2.50. The lowest BCUT2D eigenvalue weighted by atomic mass is 9.97. The fraction of sp³-hybridized carbons (Fsp3) is 0.750. The van der Waals surface area contributed by atoms with Crippen molar-refractivity contribution in [2.45, 2.75) is 45.3 Å². The van der Waals surface area contributed by atoms with Crippen LogP contribution in [0.5, 0.6) is 0 Å². The molecule has 0 aliphatic rings. The van der Waals surface area contributed by atoms with Gasteiger partial charge in [0.05, 0.1) is 5.69 Å². The van der Waals surface area contributed by atoms with E-state index in [-0.39, 0.29) is 5.54 Å². The van der Waals surface area contributed by atoms with E-state index in [0.29, 0.717) is 6.42 Å². The van der Waals surface area contributed by atoms with Gasteiger partial charge in [0, 0.05) is 18.8 Å². The molecular formula is C12H23N3O. The molecule has 4 heteroatoms. The molecule has 1 unspecified atom stereocenters. The Labute approximate surface area is 97.7 Å². The largest absolute Gasteiger partial charge is 0.384 e. The van der Waals surface area contributed by atoms with Crippen LogP contribution < -0.4 is 5.32 Å². The van der Waals surface area contributed by atoms with E-state index in [4.69, 9.17) is 0 Å². The van der Waals surface area contributed by atoms with Gasteiger partial charge in [-0.05, 0) is 46.7 Å². The number of aliphatic hydroxyl groups is 1. The topological polar surface area (TPSA) is 50.1 Å². The van der Waals surface area contributed by atoms with Gasteiger partial charge in [0.2, 0.25) is 0 Å². The second-order valence-electron chi connectivity index (χ2n) is 5.58. The van der Waals surface area contributed by atoms with Crippen LogP contribution in [-0.4, -0.2) is 27.0 Å². The van der Waals surface area contributed by atoms with E-state index in [1.54, 1.807) is 11.6 Å². The van der Waals surface area contributed by atoms with Crippen LogP contribution in [0.2, 0.25) is 0 Å². The van der Waals surface area contributed by atoms with Crippen LogP contribution in [0.15, 0.2) is 12.3 Å². The van der Waals surface area contributed by atoms with Crippen LogP contribution in [0.4, 0.5) is 0 Å². The second-order valence-corrected chi connectivity index (χ2v) is 5.58. The van der Waals surface area contributed by atoms with Crippen molar-refractivity contribution >= 4 is 0 Å². The second kappa shape index (κ2) is 4.55. The third-order valence-corrected chi connectivity index (χ3v) is 2.53. The molecule has 0 aliphatic carbocycles. The molecule has 0 radical (unpaired) electrons. The average Bonchev–Trinajstić information content (AvgIpc) is 2.49. The lowest BCUT2D eigenvalue weighted by Crippen LogP contribution is -2.39. The molecule has 1 aromatic heterocycles. The predicted molar refractivity (Wildman–Crippen MR) is 65.2 cm³/mol. The Hall–Kier alpha value is -0.870. The van der Waals surface area contributed by atoms with Crippen LogP contribution in [0.3, 0.4) is 0 Å². The van der Waals surface area contributed by atoms with Crippen molar-refractivity contribution in [1.29, 1.82) is 0 Å². The Kier molecular flexibility index (Phi) is 3.76. The minimum atomic E-state index is -0.862. The van der Waals surface area contributed by atoms with Gasteiger partial charge in [0.25, 0.3) is 0 Å². The molecule has 16 heavy (non-hydrogen) atoms. The molecule has 0 saturated carbocycles. The minimum absolute atomic E-state index is 0.0835. The van der Waals surface area contributed by atoms with Gasteiger partial charge in [0.1, 0.15) is 5.60 Å². The molecule has 1 aromatic rings. The lowest BCUT2D eigenvalue weighted by molar-refractivity contribution is 0.0414. The number of rotatable bonds is 4. The molecule has 4 nitrogen and oxygen atoms in total. The summed E-state index contributed by atoms with van der Waals surface area (Å²) in [6.45, 7) is 8.92. The van der Waals surface area contributed by atoms with Gasteiger partial charge in [-0.2, -0.15) is 5.10 Å². The van der Waals surface area contributed by atoms with Crippen LogP contribution in [-0.2, 0) is 12.6 Å². The van der Waals surface area contributed by atoms with Crippen LogP contribution in [0, 0.1) is 0 Å². The maximum atomic E-state index is 10.3. The maximum Gasteiger partial charge on any atom is 0.107 e. The van der Waals surface area contributed by atoms with Gasteiger partial charge < -0.3 is 10.4 Å². The summed E-state index contributed by atoms with van der Waals surface area (Å²) in [5.41, 5.74) is -0.0506. The zero-order chi connectivity index (χ0) is 12.4. The number of nitrogens with one attached hydrogen (secondary N) is 1. The highest BCUT2D eigenvalue weighted by Gasteiger charge is 2.25. The van der Waals surface area contributed by atoms with Gasteiger partial charge in [-0.15, -0.1) is 0 Å². The van der Waals surface area contributed by atoms with Crippen molar-refractivity contribution in [3.8, 4) is 0 Å². The first-order valence-corrected chi connectivity index (χ1v) is 5.68. The molecule has 0 aliphatic heterocycles. The first kappa shape index (κ1) is 13.2. The summed E-state index contributed by atoms with van der Waals surface area (Å²) < 4.78 is 1.71. The molecule has 1 rings (SSSR count). The van der Waals surface area contributed by atoms with E-state index in [1.165, 1.54) is 0 Å². The zero-order valence-corrected chi connectivity index (χ0v) is 10.9. The van der Waals surface area contributed by atoms with Gasteiger partial charge in [-0.3, -0.25) is 4.68 Å². The Balaban J connectivity index is 2.52. The molecule has 0 spiro atoms. The Morgan fingerprint density at radius 3 is 2.44 bits per heavy atom. The van der Waals surface area contributed by atoms with Gasteiger partial charge in [-0.25, -0.2) is 0 Å². The number of aromatic nitrogens is 2.